The number of hydrogen-bond acceptors (Lipinski definition) is 3. The van der Waals surface area contributed by atoms with Crippen LogP contribution in [0.2, 0.25) is 0 Å². The Morgan fingerprint density at radius 2 is 1.89 bits per heavy atom. The molecule has 1 atom stereocenters. The summed E-state index contributed by atoms with van der Waals surface area (Å²) < 4.78 is 0. The lowest BCUT2D eigenvalue weighted by atomic mass is 9.87. The molecule has 3 nitrogen and oxygen atoms in total. The molecule has 2 heterocycles. The molecule has 2 aromatic carbocycles. The maximum Gasteiger partial charge on any atom is 0.252 e. The van der Waals surface area contributed by atoms with E-state index in [-0.39, 0.29) is 11.9 Å². The predicted octanol–water partition coefficient (Wildman–Crippen LogP) is 5.77. The Bertz CT molecular complexity index is 1150. The summed E-state index contributed by atoms with van der Waals surface area (Å²) in [6, 6.07) is 22.4. The van der Waals surface area contributed by atoms with Crippen LogP contribution in [-0.4, -0.2) is 10.9 Å². The molecule has 4 heteroatoms. The first-order valence-electron chi connectivity index (χ1n) is 9.62. The van der Waals surface area contributed by atoms with Crippen molar-refractivity contribution in [3.63, 3.8) is 0 Å². The van der Waals surface area contributed by atoms with E-state index in [0.29, 0.717) is 5.56 Å². The number of rotatable bonds is 3. The quantitative estimate of drug-likeness (QED) is 0.487. The molecule has 1 amide bonds. The van der Waals surface area contributed by atoms with Gasteiger partial charge in [0.05, 0.1) is 27.7 Å². The minimum Gasteiger partial charge on any atom is -0.345 e. The molecular formula is C24H20N2OS. The van der Waals surface area contributed by atoms with Gasteiger partial charge in [0, 0.05) is 5.39 Å². The Kier molecular flexibility index (Phi) is 4.41. The molecular weight excluding hydrogens is 364 g/mol. The molecule has 28 heavy (non-hydrogen) atoms. The second-order valence-corrected chi connectivity index (χ2v) is 8.11. The monoisotopic (exact) mass is 384 g/mol. The van der Waals surface area contributed by atoms with Crippen LogP contribution in [0.3, 0.4) is 0 Å². The van der Waals surface area contributed by atoms with E-state index in [1.807, 2.05) is 47.8 Å². The summed E-state index contributed by atoms with van der Waals surface area (Å²) in [5, 5.41) is 6.22. The zero-order chi connectivity index (χ0) is 18.9. The molecule has 0 saturated carbocycles. The number of fused-ring (bicyclic) bond motifs is 2. The number of thiophene rings is 1. The Morgan fingerprint density at radius 3 is 2.79 bits per heavy atom. The molecule has 5 rings (SSSR count). The summed E-state index contributed by atoms with van der Waals surface area (Å²) in [5.74, 6) is -0.0295. The zero-order valence-electron chi connectivity index (χ0n) is 15.4. The van der Waals surface area contributed by atoms with E-state index in [0.717, 1.165) is 40.7 Å². The molecule has 0 bridgehead atoms. The van der Waals surface area contributed by atoms with Gasteiger partial charge in [-0.2, -0.15) is 0 Å². The summed E-state index contributed by atoms with van der Waals surface area (Å²) in [7, 11) is 0. The van der Waals surface area contributed by atoms with Crippen molar-refractivity contribution in [3.8, 4) is 10.6 Å². The minimum atomic E-state index is -0.0295. The van der Waals surface area contributed by atoms with Crippen molar-refractivity contribution < 1.29 is 4.79 Å². The first kappa shape index (κ1) is 17.1. The van der Waals surface area contributed by atoms with Crippen LogP contribution in [0.4, 0.5) is 0 Å². The van der Waals surface area contributed by atoms with Crippen molar-refractivity contribution in [2.24, 2.45) is 0 Å². The van der Waals surface area contributed by atoms with Gasteiger partial charge in [-0.1, -0.05) is 48.5 Å². The second kappa shape index (κ2) is 7.21. The van der Waals surface area contributed by atoms with Gasteiger partial charge in [-0.25, -0.2) is 4.98 Å². The third-order valence-electron chi connectivity index (χ3n) is 5.41. The Hall–Kier alpha value is -2.98. The van der Waals surface area contributed by atoms with Gasteiger partial charge in [-0.3, -0.25) is 4.79 Å². The highest BCUT2D eigenvalue weighted by Gasteiger charge is 2.23. The Balaban J connectivity index is 1.55. The van der Waals surface area contributed by atoms with Crippen molar-refractivity contribution in [1.82, 2.24) is 10.3 Å². The summed E-state index contributed by atoms with van der Waals surface area (Å²) in [6.45, 7) is 0. The maximum absolute atomic E-state index is 13.3. The third kappa shape index (κ3) is 3.10. The maximum atomic E-state index is 13.3. The van der Waals surface area contributed by atoms with Crippen LogP contribution >= 0.6 is 11.3 Å². The highest BCUT2D eigenvalue weighted by molar-refractivity contribution is 7.13. The smallest absolute Gasteiger partial charge is 0.252 e. The largest absolute Gasteiger partial charge is 0.345 e. The normalized spacial score (nSPS) is 15.9. The van der Waals surface area contributed by atoms with Gasteiger partial charge in [0.1, 0.15) is 0 Å². The van der Waals surface area contributed by atoms with Crippen LogP contribution in [0.1, 0.15) is 40.4 Å². The lowest BCUT2D eigenvalue weighted by Gasteiger charge is -2.26. The number of aromatic nitrogens is 1. The van der Waals surface area contributed by atoms with Crippen LogP contribution < -0.4 is 5.32 Å². The van der Waals surface area contributed by atoms with Crippen LogP contribution in [0, 0.1) is 0 Å². The van der Waals surface area contributed by atoms with Crippen LogP contribution in [0.5, 0.6) is 0 Å². The molecule has 1 unspecified atom stereocenters. The van der Waals surface area contributed by atoms with Crippen molar-refractivity contribution in [3.05, 3.63) is 88.8 Å². The van der Waals surface area contributed by atoms with Gasteiger partial charge in [-0.05, 0) is 54.0 Å². The summed E-state index contributed by atoms with van der Waals surface area (Å²) in [6.07, 6.45) is 3.16. The van der Waals surface area contributed by atoms with Crippen molar-refractivity contribution in [2.75, 3.05) is 0 Å². The molecule has 0 spiro atoms. The average Bonchev–Trinajstić information content (AvgIpc) is 3.28. The number of amides is 1. The van der Waals surface area contributed by atoms with Gasteiger partial charge < -0.3 is 5.32 Å². The van der Waals surface area contributed by atoms with Crippen LogP contribution in [0.25, 0.3) is 21.5 Å². The molecule has 2 aromatic heterocycles. The minimum absolute atomic E-state index is 0.0295. The predicted molar refractivity (Wildman–Crippen MR) is 115 cm³/mol. The highest BCUT2D eigenvalue weighted by Crippen LogP contribution is 2.31. The van der Waals surface area contributed by atoms with E-state index in [4.69, 9.17) is 4.98 Å². The van der Waals surface area contributed by atoms with Crippen molar-refractivity contribution in [1.29, 1.82) is 0 Å². The van der Waals surface area contributed by atoms with E-state index in [1.54, 1.807) is 11.3 Å². The number of nitrogens with zero attached hydrogens (tertiary/aromatic N) is 1. The number of carbonyl (C=O) groups excluding carboxylic acids is 1. The molecule has 0 aliphatic heterocycles. The highest BCUT2D eigenvalue weighted by atomic mass is 32.1. The second-order valence-electron chi connectivity index (χ2n) is 7.17. The number of para-hydroxylation sites is 1. The van der Waals surface area contributed by atoms with E-state index in [1.165, 1.54) is 11.1 Å². The van der Waals surface area contributed by atoms with E-state index in [2.05, 4.69) is 29.6 Å². The van der Waals surface area contributed by atoms with Gasteiger partial charge in [0.25, 0.3) is 5.91 Å². The fourth-order valence-electron chi connectivity index (χ4n) is 4.05. The van der Waals surface area contributed by atoms with E-state index < -0.39 is 0 Å². The first-order chi connectivity index (χ1) is 13.8. The number of carbonyl (C=O) groups is 1. The molecule has 138 valence electrons. The lowest BCUT2D eigenvalue weighted by Crippen LogP contribution is -2.31. The van der Waals surface area contributed by atoms with Gasteiger partial charge in [-0.15, -0.1) is 11.3 Å². The zero-order valence-corrected chi connectivity index (χ0v) is 16.2. The van der Waals surface area contributed by atoms with E-state index in [9.17, 15) is 4.79 Å². The number of pyridine rings is 1. The molecule has 0 saturated heterocycles. The number of nitrogens with one attached hydrogen (secondary N) is 1. The summed E-state index contributed by atoms with van der Waals surface area (Å²) in [4.78, 5) is 19.2. The molecule has 1 aliphatic carbocycles. The first-order valence-corrected chi connectivity index (χ1v) is 10.5. The molecule has 4 aromatic rings. The Labute approximate surface area is 168 Å². The molecule has 1 aliphatic rings. The SMILES string of the molecule is O=C(NC1CCCc2ccccc21)c1cc(-c2cccs2)nc2ccccc12. The fraction of sp³-hybridized carbons (Fsp3) is 0.167. The molecule has 0 radical (unpaired) electrons. The molecule has 0 fully saturated rings. The fourth-order valence-corrected chi connectivity index (χ4v) is 4.74. The third-order valence-corrected chi connectivity index (χ3v) is 6.30. The van der Waals surface area contributed by atoms with Crippen LogP contribution in [0.15, 0.2) is 72.1 Å². The van der Waals surface area contributed by atoms with Crippen molar-refractivity contribution >= 4 is 28.1 Å². The topological polar surface area (TPSA) is 42.0 Å². The average molecular weight is 385 g/mol. The van der Waals surface area contributed by atoms with Gasteiger partial charge >= 0.3 is 0 Å². The summed E-state index contributed by atoms with van der Waals surface area (Å²) in [5.41, 5.74) is 4.99. The van der Waals surface area contributed by atoms with E-state index >= 15 is 0 Å². The van der Waals surface area contributed by atoms with Crippen molar-refractivity contribution in [2.45, 2.75) is 25.3 Å². The number of aryl methyl sites for hydroxylation is 1. The lowest BCUT2D eigenvalue weighted by molar-refractivity contribution is 0.0934. The number of benzene rings is 2. The summed E-state index contributed by atoms with van der Waals surface area (Å²) >= 11 is 1.64. The molecule has 1 N–H and O–H groups in total. The Morgan fingerprint density at radius 1 is 1.04 bits per heavy atom. The van der Waals surface area contributed by atoms with Gasteiger partial charge in [0.15, 0.2) is 0 Å². The number of hydrogen-bond donors (Lipinski definition) is 1. The van der Waals surface area contributed by atoms with Gasteiger partial charge in [0.2, 0.25) is 0 Å². The van der Waals surface area contributed by atoms with Crippen LogP contribution in [-0.2, 0) is 6.42 Å². The standard InChI is InChI=1S/C24H20N2OS/c27-24(26-20-12-5-8-16-7-1-2-9-17(16)20)19-15-22(23-13-6-14-28-23)25-21-11-4-3-10-18(19)21/h1-4,6-7,9-11,13-15,20H,5,8,12H2,(H,26,27).